The molecule has 2 aliphatic rings. The predicted octanol–water partition coefficient (Wildman–Crippen LogP) is -1.42. The fourth-order valence-electron chi connectivity index (χ4n) is 2.83. The highest BCUT2D eigenvalue weighted by molar-refractivity contribution is 8.00. The van der Waals surface area contributed by atoms with Crippen molar-refractivity contribution < 1.29 is 33.8 Å². The number of nitrogens with one attached hydrogen (secondary N) is 1. The maximum absolute atomic E-state index is 12.6. The number of carboxylic acids is 1. The van der Waals surface area contributed by atoms with Gasteiger partial charge in [-0.25, -0.2) is 9.48 Å². The van der Waals surface area contributed by atoms with Gasteiger partial charge in [-0.3, -0.25) is 19.3 Å². The van der Waals surface area contributed by atoms with E-state index >= 15 is 0 Å². The van der Waals surface area contributed by atoms with Gasteiger partial charge in [-0.1, -0.05) is 0 Å². The quantitative estimate of drug-likeness (QED) is 0.202. The largest absolute Gasteiger partial charge is 0.477 e. The van der Waals surface area contributed by atoms with Crippen LogP contribution in [0.5, 0.6) is 0 Å². The van der Waals surface area contributed by atoms with Gasteiger partial charge in [0.25, 0.3) is 11.8 Å². The van der Waals surface area contributed by atoms with Crippen molar-refractivity contribution in [3.8, 4) is 0 Å². The summed E-state index contributed by atoms with van der Waals surface area (Å²) in [5, 5.41) is 22.8. The minimum Gasteiger partial charge on any atom is -0.477 e. The first kappa shape index (κ1) is 22.0. The molecule has 0 radical (unpaired) electrons. The van der Waals surface area contributed by atoms with Crippen molar-refractivity contribution in [2.75, 3.05) is 19.5 Å². The van der Waals surface area contributed by atoms with Crippen molar-refractivity contribution in [1.82, 2.24) is 30.4 Å². The number of tetrazole rings is 1. The Morgan fingerprint density at radius 3 is 2.73 bits per heavy atom. The zero-order valence-corrected chi connectivity index (χ0v) is 17.7. The molecule has 15 heteroatoms. The Morgan fingerprint density at radius 2 is 2.17 bits per heavy atom. The van der Waals surface area contributed by atoms with E-state index < -0.39 is 40.6 Å². The molecule has 2 amide bonds. The SMILES string of the molecule is COC(Sc1nnnn1C)C(=O)N[C@@H]1C(=O)N2C(C(=O)O)=C(COC(C)=O)CS[C@H]12. The van der Waals surface area contributed by atoms with E-state index in [9.17, 15) is 24.3 Å². The van der Waals surface area contributed by atoms with Crippen LogP contribution in [0.1, 0.15) is 6.92 Å². The second kappa shape index (κ2) is 9.01. The number of methoxy groups -OCH3 is 1. The molecule has 1 aromatic heterocycles. The van der Waals surface area contributed by atoms with Crippen LogP contribution < -0.4 is 5.32 Å². The summed E-state index contributed by atoms with van der Waals surface area (Å²) in [6, 6.07) is -0.914. The summed E-state index contributed by atoms with van der Waals surface area (Å²) in [6.07, 6.45) is 0. The smallest absolute Gasteiger partial charge is 0.352 e. The molecule has 1 unspecified atom stereocenters. The number of hydrogen-bond acceptors (Lipinski definition) is 11. The Kier molecular flexibility index (Phi) is 6.62. The van der Waals surface area contributed by atoms with Crippen LogP contribution >= 0.6 is 23.5 Å². The number of hydrogen-bond donors (Lipinski definition) is 2. The van der Waals surface area contributed by atoms with Crippen LogP contribution in [0.25, 0.3) is 0 Å². The predicted molar refractivity (Wildman–Crippen MR) is 102 cm³/mol. The highest BCUT2D eigenvalue weighted by Gasteiger charge is 2.54. The van der Waals surface area contributed by atoms with Gasteiger partial charge in [0.1, 0.15) is 23.7 Å². The molecule has 13 nitrogen and oxygen atoms in total. The number of thioether (sulfide) groups is 2. The van der Waals surface area contributed by atoms with E-state index in [0.717, 1.165) is 16.7 Å². The molecule has 2 N–H and O–H groups in total. The number of nitrogens with zero attached hydrogens (tertiary/aromatic N) is 5. The van der Waals surface area contributed by atoms with E-state index in [-0.39, 0.29) is 18.1 Å². The van der Waals surface area contributed by atoms with Gasteiger partial charge < -0.3 is 19.9 Å². The minimum atomic E-state index is -1.30. The van der Waals surface area contributed by atoms with Gasteiger partial charge in [0, 0.05) is 32.4 Å². The Labute approximate surface area is 178 Å². The van der Waals surface area contributed by atoms with Crippen LogP contribution in [0, 0.1) is 0 Å². The molecule has 3 rings (SSSR count). The van der Waals surface area contributed by atoms with Crippen molar-refractivity contribution in [3.05, 3.63) is 11.3 Å². The number of ether oxygens (including phenoxy) is 2. The van der Waals surface area contributed by atoms with Crippen molar-refractivity contribution in [3.63, 3.8) is 0 Å². The minimum absolute atomic E-state index is 0.217. The zero-order chi connectivity index (χ0) is 22.0. The summed E-state index contributed by atoms with van der Waals surface area (Å²) in [4.78, 5) is 49.0. The first-order valence-corrected chi connectivity index (χ1v) is 10.4. The summed E-state index contributed by atoms with van der Waals surface area (Å²) in [5.74, 6) is -2.77. The molecular formula is C15H18N6O7S2. The molecule has 0 aliphatic carbocycles. The van der Waals surface area contributed by atoms with Crippen LogP contribution in [-0.4, -0.2) is 90.3 Å². The number of carbonyl (C=O) groups excluding carboxylic acids is 3. The molecule has 2 aliphatic heterocycles. The molecule has 0 spiro atoms. The van der Waals surface area contributed by atoms with Gasteiger partial charge >= 0.3 is 11.9 Å². The Balaban J connectivity index is 1.69. The number of aryl methyl sites for hydroxylation is 1. The summed E-state index contributed by atoms with van der Waals surface area (Å²) in [7, 11) is 2.93. The van der Waals surface area contributed by atoms with Gasteiger partial charge in [-0.05, 0) is 22.2 Å². The van der Waals surface area contributed by atoms with Gasteiger partial charge in [-0.2, -0.15) is 0 Å². The number of carboxylic acid groups (broad SMARTS) is 1. The fourth-order valence-corrected chi connectivity index (χ4v) is 4.89. The first-order valence-electron chi connectivity index (χ1n) is 8.50. The second-order valence-electron chi connectivity index (χ2n) is 6.20. The van der Waals surface area contributed by atoms with Gasteiger partial charge in [0.05, 0.1) is 0 Å². The number of carbonyl (C=O) groups is 4. The zero-order valence-electron chi connectivity index (χ0n) is 16.1. The van der Waals surface area contributed by atoms with E-state index in [2.05, 4.69) is 20.8 Å². The lowest BCUT2D eigenvalue weighted by molar-refractivity contribution is -0.151. The summed E-state index contributed by atoms with van der Waals surface area (Å²) in [5.41, 5.74) is -0.922. The number of aromatic nitrogens is 4. The lowest BCUT2D eigenvalue weighted by Gasteiger charge is -2.49. The van der Waals surface area contributed by atoms with Crippen molar-refractivity contribution in [1.29, 1.82) is 0 Å². The molecule has 162 valence electrons. The number of amides is 2. The average Bonchev–Trinajstić information content (AvgIpc) is 3.11. The molecule has 30 heavy (non-hydrogen) atoms. The summed E-state index contributed by atoms with van der Waals surface area (Å²) >= 11 is 2.23. The van der Waals surface area contributed by atoms with Crippen molar-refractivity contribution in [2.24, 2.45) is 7.05 Å². The normalized spacial score (nSPS) is 21.6. The molecule has 3 atom stereocenters. The van der Waals surface area contributed by atoms with E-state index in [1.165, 1.54) is 30.5 Å². The van der Waals surface area contributed by atoms with E-state index in [0.29, 0.717) is 10.7 Å². The molecule has 0 aromatic carbocycles. The number of fused-ring (bicyclic) bond motifs is 1. The molecular weight excluding hydrogens is 440 g/mol. The number of esters is 1. The Hall–Kier alpha value is -2.65. The molecule has 3 heterocycles. The molecule has 1 aromatic rings. The van der Waals surface area contributed by atoms with Crippen molar-refractivity contribution in [2.45, 2.75) is 28.9 Å². The number of β-lactam (4-membered cyclic amide) rings is 1. The monoisotopic (exact) mass is 458 g/mol. The topological polar surface area (TPSA) is 166 Å². The van der Waals surface area contributed by atoms with Gasteiger partial charge in [-0.15, -0.1) is 16.9 Å². The van der Waals surface area contributed by atoms with Crippen LogP contribution in [0.3, 0.4) is 0 Å². The van der Waals surface area contributed by atoms with Crippen LogP contribution in [-0.2, 0) is 35.7 Å². The third kappa shape index (κ3) is 4.27. The average molecular weight is 458 g/mol. The highest BCUT2D eigenvalue weighted by atomic mass is 32.2. The van der Waals surface area contributed by atoms with Gasteiger partial charge in [0.15, 0.2) is 5.44 Å². The fraction of sp³-hybridized carbons (Fsp3) is 0.533. The number of aliphatic carboxylic acids is 1. The summed E-state index contributed by atoms with van der Waals surface area (Å²) < 4.78 is 11.4. The molecule has 0 saturated carbocycles. The number of rotatable bonds is 8. The molecule has 1 saturated heterocycles. The third-order valence-corrected chi connectivity index (χ3v) is 6.74. The summed E-state index contributed by atoms with van der Waals surface area (Å²) in [6.45, 7) is 0.993. The van der Waals surface area contributed by atoms with Crippen molar-refractivity contribution >= 4 is 47.3 Å². The van der Waals surface area contributed by atoms with Crippen LogP contribution in [0.2, 0.25) is 0 Å². The standard InChI is InChI=1S/C15H18N6O7S2/c1-6(22)28-4-7-5-29-12-8(11(24)21(12)9(7)13(25)26)16-10(23)14(27-3)30-15-17-18-19-20(15)2/h8,12,14H,4-5H2,1-3H3,(H,16,23)(H,25,26)/t8-,12-,14?/m1/s1. The Morgan fingerprint density at radius 1 is 1.43 bits per heavy atom. The first-order chi connectivity index (χ1) is 14.2. The lowest BCUT2D eigenvalue weighted by atomic mass is 10.0. The van der Waals surface area contributed by atoms with E-state index in [4.69, 9.17) is 9.47 Å². The second-order valence-corrected chi connectivity index (χ2v) is 8.34. The maximum Gasteiger partial charge on any atom is 0.352 e. The molecule has 0 bridgehead atoms. The highest BCUT2D eigenvalue weighted by Crippen LogP contribution is 2.40. The maximum atomic E-state index is 12.6. The van der Waals surface area contributed by atoms with Gasteiger partial charge in [0.2, 0.25) is 5.16 Å². The van der Waals surface area contributed by atoms with E-state index in [1.807, 2.05) is 0 Å². The van der Waals surface area contributed by atoms with Crippen LogP contribution in [0.15, 0.2) is 16.4 Å². The molecule has 1 fully saturated rings. The van der Waals surface area contributed by atoms with E-state index in [1.54, 1.807) is 7.05 Å². The third-order valence-electron chi connectivity index (χ3n) is 4.22. The lowest BCUT2D eigenvalue weighted by Crippen LogP contribution is -2.71. The Bertz CT molecular complexity index is 919. The van der Waals surface area contributed by atoms with Crippen LogP contribution in [0.4, 0.5) is 0 Å².